The smallest absolute Gasteiger partial charge is 0.327 e. The molecule has 0 heterocycles. The van der Waals surface area contributed by atoms with E-state index in [0.717, 1.165) is 0 Å². The summed E-state index contributed by atoms with van der Waals surface area (Å²) in [6.45, 7) is -2.46. The van der Waals surface area contributed by atoms with Crippen LogP contribution in [-0.4, -0.2) is 34.5 Å². The molecule has 0 aliphatic heterocycles. The third-order valence-electron chi connectivity index (χ3n) is 1.49. The van der Waals surface area contributed by atoms with Crippen molar-refractivity contribution in [3.63, 3.8) is 0 Å². The first-order valence-corrected chi connectivity index (χ1v) is 5.36. The largest absolute Gasteiger partial charge is 0.439 e. The lowest BCUT2D eigenvalue weighted by atomic mass is 10.3. The van der Waals surface area contributed by atoms with Crippen molar-refractivity contribution in [1.29, 1.82) is 0 Å². The van der Waals surface area contributed by atoms with Gasteiger partial charge in [0, 0.05) is 0 Å². The summed E-state index contributed by atoms with van der Waals surface area (Å²) in [5.41, 5.74) is 0. The lowest BCUT2D eigenvalue weighted by Gasteiger charge is -2.32. The van der Waals surface area contributed by atoms with Crippen LogP contribution in [0.2, 0.25) is 0 Å². The maximum absolute atomic E-state index is 13.1. The first kappa shape index (κ1) is 18.3. The van der Waals surface area contributed by atoms with Gasteiger partial charge in [-0.25, -0.2) is 13.2 Å². The lowest BCUT2D eigenvalue weighted by molar-refractivity contribution is -0.277. The Morgan fingerprint density at radius 1 is 0.889 bits per heavy atom. The van der Waals surface area contributed by atoms with Gasteiger partial charge in [0.25, 0.3) is 0 Å². The molecule has 0 spiro atoms. The fraction of sp³-hybridized carbons (Fsp3) is 1.00. The minimum atomic E-state index is -5.88. The summed E-state index contributed by atoms with van der Waals surface area (Å²) in [6, 6.07) is 0. The van der Waals surface area contributed by atoms with E-state index in [0.29, 0.717) is 0 Å². The third-order valence-corrected chi connectivity index (χ3v) is 3.75. The third kappa shape index (κ3) is 3.89. The number of ether oxygens (including phenoxy) is 1. The molecule has 0 aliphatic rings. The van der Waals surface area contributed by atoms with E-state index in [1.54, 1.807) is 0 Å². The first-order chi connectivity index (χ1) is 7.65. The Morgan fingerprint density at radius 3 is 1.56 bits per heavy atom. The summed E-state index contributed by atoms with van der Waals surface area (Å²) >= 11 is 2.69. The van der Waals surface area contributed by atoms with Crippen LogP contribution >= 0.6 is 31.9 Å². The quantitative estimate of drug-likeness (QED) is 0.467. The molecule has 0 saturated carbocycles. The molecule has 12 heteroatoms. The second-order valence-corrected chi connectivity index (χ2v) is 5.05. The molecular formula is C6H3Br2F9O. The Hall–Kier alpha value is 0.290. The maximum atomic E-state index is 13.1. The number of alkyl halides is 11. The summed E-state index contributed by atoms with van der Waals surface area (Å²) in [5.74, 6) is -4.93. The molecule has 0 N–H and O–H groups in total. The van der Waals surface area contributed by atoms with Crippen LogP contribution in [0.1, 0.15) is 0 Å². The fourth-order valence-corrected chi connectivity index (χ4v) is 0.959. The van der Waals surface area contributed by atoms with Crippen molar-refractivity contribution in [1.82, 2.24) is 0 Å². The highest BCUT2D eigenvalue weighted by Crippen LogP contribution is 2.52. The second-order valence-electron chi connectivity index (χ2n) is 2.94. The zero-order valence-electron chi connectivity index (χ0n) is 7.85. The van der Waals surface area contributed by atoms with Crippen LogP contribution in [0.3, 0.4) is 0 Å². The van der Waals surface area contributed by atoms with Gasteiger partial charge in [0.05, 0.1) is 0 Å². The summed E-state index contributed by atoms with van der Waals surface area (Å²) in [5, 5.41) is 0. The second kappa shape index (κ2) is 5.35. The predicted molar refractivity (Wildman–Crippen MR) is 48.5 cm³/mol. The van der Waals surface area contributed by atoms with Crippen LogP contribution in [0.25, 0.3) is 0 Å². The summed E-state index contributed by atoms with van der Waals surface area (Å²) in [7, 11) is 0. The van der Waals surface area contributed by atoms with Crippen molar-refractivity contribution >= 4 is 31.9 Å². The van der Waals surface area contributed by atoms with E-state index >= 15 is 0 Å². The summed E-state index contributed by atoms with van der Waals surface area (Å²) in [6.07, 6.45) is -10.2. The highest BCUT2D eigenvalue weighted by Gasteiger charge is 2.69. The van der Waals surface area contributed by atoms with Gasteiger partial charge in [-0.15, -0.1) is 0 Å². The van der Waals surface area contributed by atoms with Gasteiger partial charge < -0.3 is 4.74 Å². The van der Waals surface area contributed by atoms with E-state index in [2.05, 4.69) is 4.74 Å². The maximum Gasteiger partial charge on any atom is 0.439 e. The molecule has 0 aromatic carbocycles. The number of hydrogen-bond acceptors (Lipinski definition) is 1. The van der Waals surface area contributed by atoms with Gasteiger partial charge in [-0.05, 0) is 31.9 Å². The van der Waals surface area contributed by atoms with E-state index in [1.165, 1.54) is 31.9 Å². The molecule has 18 heavy (non-hydrogen) atoms. The lowest BCUT2D eigenvalue weighted by Crippen LogP contribution is -2.52. The number of halogens is 11. The average molecular weight is 422 g/mol. The molecule has 110 valence electrons. The molecule has 1 nitrogen and oxygen atoms in total. The van der Waals surface area contributed by atoms with Crippen LogP contribution < -0.4 is 0 Å². The Morgan fingerprint density at radius 2 is 1.28 bits per heavy atom. The molecule has 0 aromatic rings. The predicted octanol–water partition coefficient (Wildman–Crippen LogP) is 4.54. The molecular weight excluding hydrogens is 419 g/mol. The van der Waals surface area contributed by atoms with Gasteiger partial charge >= 0.3 is 27.9 Å². The molecule has 2 atom stereocenters. The van der Waals surface area contributed by atoms with Crippen LogP contribution in [-0.2, 0) is 4.74 Å². The minimum Gasteiger partial charge on any atom is -0.327 e. The minimum absolute atomic E-state index is 1.26. The van der Waals surface area contributed by atoms with Crippen LogP contribution in [0, 0.1) is 0 Å². The Kier molecular flexibility index (Phi) is 5.43. The zero-order valence-corrected chi connectivity index (χ0v) is 11.0. The van der Waals surface area contributed by atoms with Gasteiger partial charge in [-0.1, -0.05) is 0 Å². The molecule has 0 saturated heterocycles. The molecule has 0 rings (SSSR count). The molecule has 0 aliphatic carbocycles. The van der Waals surface area contributed by atoms with Crippen molar-refractivity contribution in [2.24, 2.45) is 0 Å². The monoisotopic (exact) mass is 420 g/mol. The first-order valence-electron chi connectivity index (χ1n) is 3.77. The molecule has 0 amide bonds. The SMILES string of the molecule is FC(F)C(F)(F)CO[C@](F)(Br)[C@](F)(Br)C(F)(F)F. The van der Waals surface area contributed by atoms with Crippen molar-refractivity contribution < 1.29 is 44.3 Å². The molecule has 0 aromatic heterocycles. The van der Waals surface area contributed by atoms with Crippen molar-refractivity contribution in [2.75, 3.05) is 6.61 Å². The van der Waals surface area contributed by atoms with Crippen molar-refractivity contribution in [3.8, 4) is 0 Å². The van der Waals surface area contributed by atoms with Gasteiger partial charge in [-0.2, -0.15) is 26.3 Å². The highest BCUT2D eigenvalue weighted by atomic mass is 79.9. The number of hydrogen-bond donors (Lipinski definition) is 0. The van der Waals surface area contributed by atoms with E-state index in [4.69, 9.17) is 0 Å². The zero-order chi connectivity index (χ0) is 15.0. The van der Waals surface area contributed by atoms with E-state index < -0.39 is 34.5 Å². The topological polar surface area (TPSA) is 9.23 Å². The highest BCUT2D eigenvalue weighted by molar-refractivity contribution is 9.12. The Bertz CT molecular complexity index is 287. The van der Waals surface area contributed by atoms with Gasteiger partial charge in [0.15, 0.2) is 0 Å². The Labute approximate surface area is 111 Å². The number of rotatable bonds is 5. The standard InChI is InChI=1S/C6H3Br2F9O/c7-4(13,6(15,16)17)5(8,14)18-1-3(11,12)2(9)10/h2H,1H2/t4-,5+/m1/s1. The van der Waals surface area contributed by atoms with Crippen LogP contribution in [0.5, 0.6) is 0 Å². The molecule has 0 radical (unpaired) electrons. The summed E-state index contributed by atoms with van der Waals surface area (Å²) in [4.78, 5) is 0. The molecule has 0 fully saturated rings. The van der Waals surface area contributed by atoms with E-state index in [-0.39, 0.29) is 0 Å². The van der Waals surface area contributed by atoms with Crippen LogP contribution in [0.4, 0.5) is 39.5 Å². The van der Waals surface area contributed by atoms with Gasteiger partial charge in [0.2, 0.25) is 0 Å². The van der Waals surface area contributed by atoms with Gasteiger partial charge in [0.1, 0.15) is 6.61 Å². The van der Waals surface area contributed by atoms with Crippen LogP contribution in [0.15, 0.2) is 0 Å². The van der Waals surface area contributed by atoms with Gasteiger partial charge in [-0.3, -0.25) is 0 Å². The average Bonchev–Trinajstić information content (AvgIpc) is 2.12. The van der Waals surface area contributed by atoms with Crippen molar-refractivity contribution in [2.45, 2.75) is 27.9 Å². The normalized spacial score (nSPS) is 20.7. The van der Waals surface area contributed by atoms with Crippen molar-refractivity contribution in [3.05, 3.63) is 0 Å². The molecule has 0 unspecified atom stereocenters. The fourth-order valence-electron chi connectivity index (χ4n) is 0.505. The molecule has 0 bridgehead atoms. The summed E-state index contributed by atoms with van der Waals surface area (Å²) < 4.78 is 104. The van der Waals surface area contributed by atoms with E-state index in [9.17, 15) is 39.5 Å². The van der Waals surface area contributed by atoms with E-state index in [1.807, 2.05) is 0 Å². The Balaban J connectivity index is 4.88.